The van der Waals surface area contributed by atoms with Crippen LogP contribution >= 0.6 is 34.5 Å². The number of hydrogen-bond donors (Lipinski definition) is 1. The van der Waals surface area contributed by atoms with Crippen molar-refractivity contribution < 1.29 is 14.7 Å². The standard InChI is InChI=1S/C24H20Cl2N2O3S/c1-3-11-28-19(15-9-10-16(25)17(26)12-15)18(21(30)24(28)31)20(29)22-13(2)27-23(32-22)14-7-5-4-6-8-14/h4-10,12,19,30H,3,11H2,1-2H3. The molecule has 0 saturated carbocycles. The Morgan fingerprint density at radius 3 is 2.53 bits per heavy atom. The van der Waals surface area contributed by atoms with Crippen molar-refractivity contribution in [1.82, 2.24) is 9.88 Å². The molecule has 5 nitrogen and oxygen atoms in total. The Balaban J connectivity index is 1.81. The van der Waals surface area contributed by atoms with Gasteiger partial charge in [0.15, 0.2) is 5.76 Å². The van der Waals surface area contributed by atoms with E-state index in [1.165, 1.54) is 16.2 Å². The maximum atomic E-state index is 13.7. The molecule has 1 unspecified atom stereocenters. The molecule has 1 atom stereocenters. The van der Waals surface area contributed by atoms with Gasteiger partial charge in [-0.3, -0.25) is 9.59 Å². The van der Waals surface area contributed by atoms with Crippen molar-refractivity contribution in [3.05, 3.63) is 86.0 Å². The predicted molar refractivity (Wildman–Crippen MR) is 127 cm³/mol. The number of aryl methyl sites for hydroxylation is 1. The lowest BCUT2D eigenvalue weighted by Crippen LogP contribution is -2.31. The van der Waals surface area contributed by atoms with Crippen molar-refractivity contribution in [2.75, 3.05) is 6.54 Å². The van der Waals surface area contributed by atoms with E-state index in [-0.39, 0.29) is 5.57 Å². The molecule has 1 aliphatic rings. The van der Waals surface area contributed by atoms with Gasteiger partial charge in [0.25, 0.3) is 5.91 Å². The summed E-state index contributed by atoms with van der Waals surface area (Å²) in [7, 11) is 0. The predicted octanol–water partition coefficient (Wildman–Crippen LogP) is 6.41. The van der Waals surface area contributed by atoms with Gasteiger partial charge in [-0.2, -0.15) is 0 Å². The second kappa shape index (κ2) is 9.06. The van der Waals surface area contributed by atoms with Gasteiger partial charge in [0, 0.05) is 12.1 Å². The van der Waals surface area contributed by atoms with Crippen LogP contribution in [-0.4, -0.2) is 33.2 Å². The molecule has 0 bridgehead atoms. The zero-order chi connectivity index (χ0) is 23.0. The van der Waals surface area contributed by atoms with Crippen molar-refractivity contribution in [1.29, 1.82) is 0 Å². The van der Waals surface area contributed by atoms with Crippen molar-refractivity contribution in [2.45, 2.75) is 26.3 Å². The first-order valence-electron chi connectivity index (χ1n) is 10.1. The van der Waals surface area contributed by atoms with E-state index in [1.807, 2.05) is 37.3 Å². The fourth-order valence-corrected chi connectivity index (χ4v) is 5.15. The first-order chi connectivity index (χ1) is 15.3. The zero-order valence-corrected chi connectivity index (χ0v) is 19.8. The van der Waals surface area contributed by atoms with Crippen LogP contribution in [0.2, 0.25) is 10.0 Å². The van der Waals surface area contributed by atoms with E-state index in [1.54, 1.807) is 25.1 Å². The molecule has 1 N–H and O–H groups in total. The fourth-order valence-electron chi connectivity index (χ4n) is 3.82. The van der Waals surface area contributed by atoms with Gasteiger partial charge in [-0.25, -0.2) is 4.98 Å². The molecule has 1 amide bonds. The van der Waals surface area contributed by atoms with Gasteiger partial charge in [-0.1, -0.05) is 66.5 Å². The number of aliphatic hydroxyl groups is 1. The number of rotatable bonds is 6. The van der Waals surface area contributed by atoms with Gasteiger partial charge >= 0.3 is 0 Å². The number of nitrogens with zero attached hydrogens (tertiary/aromatic N) is 2. The zero-order valence-electron chi connectivity index (χ0n) is 17.4. The van der Waals surface area contributed by atoms with E-state index in [0.29, 0.717) is 44.2 Å². The Labute approximate surface area is 199 Å². The summed E-state index contributed by atoms with van der Waals surface area (Å²) in [5, 5.41) is 12.1. The third-order valence-corrected chi connectivity index (χ3v) is 7.24. The average molecular weight is 487 g/mol. The van der Waals surface area contributed by atoms with Crippen molar-refractivity contribution in [3.8, 4) is 10.6 Å². The highest BCUT2D eigenvalue weighted by Crippen LogP contribution is 2.42. The number of carbonyl (C=O) groups is 2. The van der Waals surface area contributed by atoms with Gasteiger partial charge < -0.3 is 10.0 Å². The monoisotopic (exact) mass is 486 g/mol. The smallest absolute Gasteiger partial charge is 0.290 e. The van der Waals surface area contributed by atoms with E-state index in [2.05, 4.69) is 4.98 Å². The molecule has 4 rings (SSSR count). The molecule has 3 aromatic rings. The van der Waals surface area contributed by atoms with Crippen LogP contribution in [0, 0.1) is 6.92 Å². The van der Waals surface area contributed by atoms with Gasteiger partial charge in [-0.15, -0.1) is 11.3 Å². The molecular formula is C24H20Cl2N2O3S. The minimum atomic E-state index is -0.758. The lowest BCUT2D eigenvalue weighted by molar-refractivity contribution is -0.129. The van der Waals surface area contributed by atoms with Gasteiger partial charge in [0.05, 0.1) is 32.2 Å². The first-order valence-corrected chi connectivity index (χ1v) is 11.7. The number of halogens is 2. The molecule has 0 aliphatic carbocycles. The summed E-state index contributed by atoms with van der Waals surface area (Å²) >= 11 is 13.5. The van der Waals surface area contributed by atoms with E-state index in [4.69, 9.17) is 23.2 Å². The third kappa shape index (κ3) is 3.94. The number of aromatic nitrogens is 1. The normalized spacial score (nSPS) is 16.2. The van der Waals surface area contributed by atoms with E-state index >= 15 is 0 Å². The van der Waals surface area contributed by atoms with Crippen LogP contribution in [-0.2, 0) is 4.79 Å². The van der Waals surface area contributed by atoms with Crippen LogP contribution in [0.1, 0.15) is 40.3 Å². The summed E-state index contributed by atoms with van der Waals surface area (Å²) in [6.07, 6.45) is 0.663. The Kier molecular flexibility index (Phi) is 6.38. The molecule has 32 heavy (non-hydrogen) atoms. The molecule has 1 aliphatic heterocycles. The van der Waals surface area contributed by atoms with Gasteiger partial charge in [0.1, 0.15) is 5.01 Å². The summed E-state index contributed by atoms with van der Waals surface area (Å²) in [5.74, 6) is -1.52. The lowest BCUT2D eigenvalue weighted by atomic mass is 9.95. The summed E-state index contributed by atoms with van der Waals surface area (Å²) in [6.45, 7) is 4.06. The Morgan fingerprint density at radius 1 is 1.16 bits per heavy atom. The van der Waals surface area contributed by atoms with Crippen molar-refractivity contribution in [2.24, 2.45) is 0 Å². The molecule has 164 valence electrons. The van der Waals surface area contributed by atoms with Gasteiger partial charge in [-0.05, 0) is 31.0 Å². The van der Waals surface area contributed by atoms with Crippen molar-refractivity contribution >= 4 is 46.2 Å². The maximum Gasteiger partial charge on any atom is 0.290 e. The second-order valence-electron chi connectivity index (χ2n) is 7.47. The number of hydrogen-bond acceptors (Lipinski definition) is 5. The number of amides is 1. The molecule has 0 spiro atoms. The lowest BCUT2D eigenvalue weighted by Gasteiger charge is -2.26. The molecule has 1 aromatic heterocycles. The molecule has 0 radical (unpaired) electrons. The number of thiazole rings is 1. The van der Waals surface area contributed by atoms with Crippen LogP contribution in [0.4, 0.5) is 0 Å². The highest BCUT2D eigenvalue weighted by atomic mass is 35.5. The van der Waals surface area contributed by atoms with Gasteiger partial charge in [0.2, 0.25) is 5.78 Å². The molecule has 8 heteroatoms. The number of carbonyl (C=O) groups excluding carboxylic acids is 2. The summed E-state index contributed by atoms with van der Waals surface area (Å²) in [6, 6.07) is 13.8. The third-order valence-electron chi connectivity index (χ3n) is 5.30. The Bertz CT molecular complexity index is 1240. The van der Waals surface area contributed by atoms with Crippen LogP contribution in [0.25, 0.3) is 10.6 Å². The Morgan fingerprint density at radius 2 is 1.88 bits per heavy atom. The van der Waals surface area contributed by atoms with Crippen LogP contribution < -0.4 is 0 Å². The quantitative estimate of drug-likeness (QED) is 0.408. The fraction of sp³-hybridized carbons (Fsp3) is 0.208. The molecule has 0 saturated heterocycles. The highest BCUT2D eigenvalue weighted by molar-refractivity contribution is 7.17. The van der Waals surface area contributed by atoms with Crippen molar-refractivity contribution in [3.63, 3.8) is 0 Å². The number of benzene rings is 2. The maximum absolute atomic E-state index is 13.7. The topological polar surface area (TPSA) is 70.5 Å². The number of Topliss-reactive ketones (excluding diaryl/α,β-unsaturated/α-hetero) is 1. The molecular weight excluding hydrogens is 467 g/mol. The summed E-state index contributed by atoms with van der Waals surface area (Å²) in [4.78, 5) is 33.0. The molecule has 2 heterocycles. The number of ketones is 1. The van der Waals surface area contributed by atoms with E-state index in [0.717, 1.165) is 5.56 Å². The number of aliphatic hydroxyl groups excluding tert-OH is 1. The van der Waals surface area contributed by atoms with E-state index < -0.39 is 23.5 Å². The second-order valence-corrected chi connectivity index (χ2v) is 9.28. The molecule has 0 fully saturated rings. The van der Waals surface area contributed by atoms with Crippen LogP contribution in [0.15, 0.2) is 59.9 Å². The largest absolute Gasteiger partial charge is 0.503 e. The Hall–Kier alpha value is -2.67. The SMILES string of the molecule is CCCN1C(=O)C(O)=C(C(=O)c2sc(-c3ccccc3)nc2C)C1c1ccc(Cl)c(Cl)c1. The summed E-state index contributed by atoms with van der Waals surface area (Å²) in [5.41, 5.74) is 2.09. The first kappa shape index (κ1) is 22.5. The molecule has 2 aromatic carbocycles. The van der Waals surface area contributed by atoms with E-state index in [9.17, 15) is 14.7 Å². The summed E-state index contributed by atoms with van der Waals surface area (Å²) < 4.78 is 0. The minimum absolute atomic E-state index is 0.0354. The van der Waals surface area contributed by atoms with Crippen LogP contribution in [0.5, 0.6) is 0 Å². The highest BCUT2D eigenvalue weighted by Gasteiger charge is 2.44. The average Bonchev–Trinajstić information content (AvgIpc) is 3.29. The minimum Gasteiger partial charge on any atom is -0.503 e. The van der Waals surface area contributed by atoms with Crippen LogP contribution in [0.3, 0.4) is 0 Å².